The number of halogens is 2. The Morgan fingerprint density at radius 1 is 1.30 bits per heavy atom. The van der Waals surface area contributed by atoms with Crippen LogP contribution in [0, 0.1) is 11.6 Å². The number of hydrogen-bond acceptors (Lipinski definition) is 2. The van der Waals surface area contributed by atoms with Gasteiger partial charge >= 0.3 is 0 Å². The predicted molar refractivity (Wildman–Crippen MR) is 74.9 cm³/mol. The van der Waals surface area contributed by atoms with E-state index in [-0.39, 0.29) is 23.2 Å². The number of carbonyl (C=O) groups excluding carboxylic acids is 1. The molecule has 1 aromatic carbocycles. The van der Waals surface area contributed by atoms with Gasteiger partial charge in [-0.15, -0.1) is 0 Å². The van der Waals surface area contributed by atoms with Crippen LogP contribution >= 0.6 is 0 Å². The highest BCUT2D eigenvalue weighted by atomic mass is 19.1. The molecule has 0 unspecified atom stereocenters. The fraction of sp³-hybridized carbons (Fsp3) is 0.533. The molecule has 0 bridgehead atoms. The zero-order chi connectivity index (χ0) is 14.7. The molecule has 0 heterocycles. The molecule has 0 atom stereocenters. The molecule has 1 aliphatic carbocycles. The Hall–Kier alpha value is -1.65. The Labute approximate surface area is 118 Å². The molecule has 0 aliphatic heterocycles. The summed E-state index contributed by atoms with van der Waals surface area (Å²) in [5.74, 6) is -1.72. The minimum Gasteiger partial charge on any atom is -0.381 e. The maximum Gasteiger partial charge on any atom is 0.254 e. The number of anilines is 1. The largest absolute Gasteiger partial charge is 0.381 e. The zero-order valence-electron chi connectivity index (χ0n) is 11.9. The number of amides is 1. The van der Waals surface area contributed by atoms with Crippen molar-refractivity contribution in [2.24, 2.45) is 0 Å². The predicted octanol–water partition coefficient (Wildman–Crippen LogP) is 3.41. The van der Waals surface area contributed by atoms with E-state index < -0.39 is 11.6 Å². The van der Waals surface area contributed by atoms with Gasteiger partial charge in [-0.2, -0.15) is 0 Å². The molecule has 1 aliphatic rings. The van der Waals surface area contributed by atoms with E-state index in [1.165, 1.54) is 0 Å². The first-order valence-electron chi connectivity index (χ1n) is 7.12. The van der Waals surface area contributed by atoms with Crippen LogP contribution in [0.2, 0.25) is 0 Å². The van der Waals surface area contributed by atoms with Crippen LogP contribution in [0.5, 0.6) is 0 Å². The maximum atomic E-state index is 13.9. The second-order valence-corrected chi connectivity index (χ2v) is 5.07. The van der Waals surface area contributed by atoms with Gasteiger partial charge in [-0.1, -0.05) is 6.92 Å². The average molecular weight is 282 g/mol. The van der Waals surface area contributed by atoms with Crippen molar-refractivity contribution in [3.63, 3.8) is 0 Å². The van der Waals surface area contributed by atoms with Crippen LogP contribution < -0.4 is 5.32 Å². The number of nitrogens with zero attached hydrogens (tertiary/aromatic N) is 1. The van der Waals surface area contributed by atoms with E-state index in [0.717, 1.165) is 31.4 Å². The van der Waals surface area contributed by atoms with Crippen LogP contribution in [0.1, 0.15) is 43.5 Å². The lowest BCUT2D eigenvalue weighted by molar-refractivity contribution is 0.0742. The summed E-state index contributed by atoms with van der Waals surface area (Å²) in [6.07, 6.45) is 2.79. The molecule has 110 valence electrons. The Morgan fingerprint density at radius 3 is 2.35 bits per heavy atom. The number of hydrogen-bond donors (Lipinski definition) is 1. The van der Waals surface area contributed by atoms with Crippen molar-refractivity contribution in [3.05, 3.63) is 29.3 Å². The second kappa shape index (κ2) is 6.20. The van der Waals surface area contributed by atoms with Crippen LogP contribution in [0.25, 0.3) is 0 Å². The minimum atomic E-state index is -0.720. The first-order valence-corrected chi connectivity index (χ1v) is 7.12. The molecule has 2 rings (SSSR count). The maximum absolute atomic E-state index is 13.9. The summed E-state index contributed by atoms with van der Waals surface area (Å²) >= 11 is 0. The normalized spacial score (nSPS) is 14.2. The Morgan fingerprint density at radius 2 is 1.90 bits per heavy atom. The Bertz CT molecular complexity index is 478. The Kier molecular flexibility index (Phi) is 4.57. The van der Waals surface area contributed by atoms with Crippen molar-refractivity contribution in [3.8, 4) is 0 Å². The van der Waals surface area contributed by atoms with Crippen LogP contribution in [-0.4, -0.2) is 29.9 Å². The number of benzene rings is 1. The number of nitrogens with one attached hydrogen (secondary N) is 1. The second-order valence-electron chi connectivity index (χ2n) is 5.07. The van der Waals surface area contributed by atoms with Crippen LogP contribution in [0.4, 0.5) is 14.5 Å². The highest BCUT2D eigenvalue weighted by Crippen LogP contribution is 2.29. The number of rotatable bonds is 6. The monoisotopic (exact) mass is 282 g/mol. The lowest BCUT2D eigenvalue weighted by atomic mass is 10.1. The first kappa shape index (κ1) is 14.8. The SMILES string of the molecule is CCCN(C(=O)c1cc(F)c(NCC)c(F)c1)C1CC1. The molecule has 0 aromatic heterocycles. The summed E-state index contributed by atoms with van der Waals surface area (Å²) in [5.41, 5.74) is -0.0838. The third kappa shape index (κ3) is 3.08. The summed E-state index contributed by atoms with van der Waals surface area (Å²) in [4.78, 5) is 14.1. The molecular formula is C15H20F2N2O. The molecule has 3 nitrogen and oxygen atoms in total. The molecule has 1 N–H and O–H groups in total. The quantitative estimate of drug-likeness (QED) is 0.867. The van der Waals surface area contributed by atoms with Crippen LogP contribution in [0.15, 0.2) is 12.1 Å². The molecule has 20 heavy (non-hydrogen) atoms. The van der Waals surface area contributed by atoms with E-state index in [0.29, 0.717) is 13.1 Å². The van der Waals surface area contributed by atoms with Gasteiger partial charge in [-0.3, -0.25) is 4.79 Å². The van der Waals surface area contributed by atoms with Crippen molar-refractivity contribution in [2.75, 3.05) is 18.4 Å². The van der Waals surface area contributed by atoms with Gasteiger partial charge in [0.2, 0.25) is 0 Å². The summed E-state index contributed by atoms with van der Waals surface area (Å²) < 4.78 is 27.7. The van der Waals surface area contributed by atoms with E-state index >= 15 is 0 Å². The van der Waals surface area contributed by atoms with Gasteiger partial charge in [0.05, 0.1) is 0 Å². The summed E-state index contributed by atoms with van der Waals surface area (Å²) in [5, 5.41) is 2.62. The van der Waals surface area contributed by atoms with Crippen molar-refractivity contribution < 1.29 is 13.6 Å². The minimum absolute atomic E-state index is 0.0852. The van der Waals surface area contributed by atoms with Gasteiger partial charge in [0.15, 0.2) is 0 Å². The summed E-state index contributed by atoms with van der Waals surface area (Å²) in [6.45, 7) is 4.79. The van der Waals surface area contributed by atoms with E-state index in [9.17, 15) is 13.6 Å². The lowest BCUT2D eigenvalue weighted by Crippen LogP contribution is -2.34. The topological polar surface area (TPSA) is 32.3 Å². The third-order valence-corrected chi connectivity index (χ3v) is 3.36. The van der Waals surface area contributed by atoms with Crippen LogP contribution in [-0.2, 0) is 0 Å². The van der Waals surface area contributed by atoms with Crippen molar-refractivity contribution >= 4 is 11.6 Å². The average Bonchev–Trinajstić information content (AvgIpc) is 3.23. The molecule has 1 saturated carbocycles. The standard InChI is InChI=1S/C15H20F2N2O/c1-3-7-19(11-5-6-11)15(20)10-8-12(16)14(18-4-2)13(17)9-10/h8-9,11,18H,3-7H2,1-2H3. The lowest BCUT2D eigenvalue weighted by Gasteiger charge is -2.22. The molecule has 1 amide bonds. The van der Waals surface area contributed by atoms with Gasteiger partial charge in [0.25, 0.3) is 5.91 Å². The summed E-state index contributed by atoms with van der Waals surface area (Å²) in [6, 6.07) is 2.48. The third-order valence-electron chi connectivity index (χ3n) is 3.36. The van der Waals surface area contributed by atoms with Crippen molar-refractivity contribution in [1.29, 1.82) is 0 Å². The Balaban J connectivity index is 2.25. The van der Waals surface area contributed by atoms with Crippen molar-refractivity contribution in [2.45, 2.75) is 39.2 Å². The fourth-order valence-electron chi connectivity index (χ4n) is 2.29. The van der Waals surface area contributed by atoms with E-state index in [4.69, 9.17) is 0 Å². The fourth-order valence-corrected chi connectivity index (χ4v) is 2.29. The number of carbonyl (C=O) groups is 1. The highest BCUT2D eigenvalue weighted by Gasteiger charge is 2.32. The smallest absolute Gasteiger partial charge is 0.254 e. The molecule has 1 aromatic rings. The van der Waals surface area contributed by atoms with Gasteiger partial charge in [0, 0.05) is 24.7 Å². The molecule has 0 saturated heterocycles. The molecule has 0 spiro atoms. The van der Waals surface area contributed by atoms with Crippen LogP contribution in [0.3, 0.4) is 0 Å². The van der Waals surface area contributed by atoms with E-state index in [2.05, 4.69) is 5.32 Å². The van der Waals surface area contributed by atoms with Gasteiger partial charge in [0.1, 0.15) is 17.3 Å². The van der Waals surface area contributed by atoms with Crippen molar-refractivity contribution in [1.82, 2.24) is 4.90 Å². The van der Waals surface area contributed by atoms with Gasteiger partial charge in [-0.25, -0.2) is 8.78 Å². The van der Waals surface area contributed by atoms with E-state index in [1.54, 1.807) is 11.8 Å². The molecule has 0 radical (unpaired) electrons. The van der Waals surface area contributed by atoms with Gasteiger partial charge < -0.3 is 10.2 Å². The zero-order valence-corrected chi connectivity index (χ0v) is 11.9. The van der Waals surface area contributed by atoms with Gasteiger partial charge in [-0.05, 0) is 38.3 Å². The van der Waals surface area contributed by atoms with E-state index in [1.807, 2.05) is 6.92 Å². The summed E-state index contributed by atoms with van der Waals surface area (Å²) in [7, 11) is 0. The molecule has 5 heteroatoms. The highest BCUT2D eigenvalue weighted by molar-refractivity contribution is 5.95. The molecular weight excluding hydrogens is 262 g/mol. The molecule has 1 fully saturated rings. The first-order chi connectivity index (χ1) is 9.58.